The van der Waals surface area contributed by atoms with Crippen LogP contribution in [0, 0.1) is 6.92 Å². The van der Waals surface area contributed by atoms with Gasteiger partial charge in [0.05, 0.1) is 0 Å². The molecule has 1 fully saturated rings. The largest absolute Gasteiger partial charge is 0.340 e. The second kappa shape index (κ2) is 6.17. The molecule has 0 aliphatic carbocycles. The van der Waals surface area contributed by atoms with Gasteiger partial charge in [0.1, 0.15) is 0 Å². The Labute approximate surface area is 107 Å². The van der Waals surface area contributed by atoms with Gasteiger partial charge in [0.15, 0.2) is 0 Å². The number of rotatable bonds is 4. The number of thiophene rings is 1. The fourth-order valence-corrected chi connectivity index (χ4v) is 3.04. The number of hydrogen-bond donors (Lipinski definition) is 1. The molecule has 0 atom stereocenters. The van der Waals surface area contributed by atoms with Gasteiger partial charge >= 0.3 is 0 Å². The summed E-state index contributed by atoms with van der Waals surface area (Å²) in [6.07, 6.45) is 2.70. The molecule has 0 aromatic carbocycles. The molecule has 2 heterocycles. The van der Waals surface area contributed by atoms with Gasteiger partial charge < -0.3 is 10.2 Å². The molecule has 1 aromatic heterocycles. The van der Waals surface area contributed by atoms with Crippen molar-refractivity contribution in [2.45, 2.75) is 26.2 Å². The highest BCUT2D eigenvalue weighted by molar-refractivity contribution is 7.11. The van der Waals surface area contributed by atoms with Crippen LogP contribution in [-0.4, -0.2) is 37.0 Å². The van der Waals surface area contributed by atoms with E-state index in [-0.39, 0.29) is 0 Å². The Kier molecular flexibility index (Phi) is 4.57. The zero-order chi connectivity index (χ0) is 12.1. The molecule has 4 heteroatoms. The van der Waals surface area contributed by atoms with Crippen LogP contribution in [0.15, 0.2) is 12.1 Å². The highest BCUT2D eigenvalue weighted by Gasteiger charge is 2.15. The van der Waals surface area contributed by atoms with Crippen LogP contribution in [0.3, 0.4) is 0 Å². The van der Waals surface area contributed by atoms with Crippen molar-refractivity contribution in [3.8, 4) is 0 Å². The lowest BCUT2D eigenvalue weighted by molar-refractivity contribution is -0.131. The minimum Gasteiger partial charge on any atom is -0.340 e. The Balaban J connectivity index is 1.69. The van der Waals surface area contributed by atoms with E-state index in [2.05, 4.69) is 24.4 Å². The first-order valence-electron chi connectivity index (χ1n) is 6.29. The topological polar surface area (TPSA) is 32.3 Å². The minimum absolute atomic E-state index is 0.319. The molecular weight excluding hydrogens is 232 g/mol. The number of aryl methyl sites for hydroxylation is 2. The third-order valence-electron chi connectivity index (χ3n) is 3.08. The molecule has 1 aliphatic rings. The lowest BCUT2D eigenvalue weighted by atomic mass is 10.2. The first-order chi connectivity index (χ1) is 8.25. The van der Waals surface area contributed by atoms with E-state index in [0.29, 0.717) is 12.3 Å². The molecule has 1 aromatic rings. The third-order valence-corrected chi connectivity index (χ3v) is 4.14. The molecule has 17 heavy (non-hydrogen) atoms. The SMILES string of the molecule is Cc1ccc(CCCC(=O)N2CCNCC2)s1. The van der Waals surface area contributed by atoms with Gasteiger partial charge in [-0.2, -0.15) is 0 Å². The van der Waals surface area contributed by atoms with E-state index in [4.69, 9.17) is 0 Å². The van der Waals surface area contributed by atoms with Crippen molar-refractivity contribution in [2.75, 3.05) is 26.2 Å². The molecule has 1 saturated heterocycles. The molecule has 0 saturated carbocycles. The Morgan fingerprint density at radius 2 is 2.18 bits per heavy atom. The molecule has 1 amide bonds. The van der Waals surface area contributed by atoms with E-state index in [1.807, 2.05) is 16.2 Å². The Morgan fingerprint density at radius 3 is 2.82 bits per heavy atom. The maximum absolute atomic E-state index is 11.9. The van der Waals surface area contributed by atoms with E-state index in [9.17, 15) is 4.79 Å². The van der Waals surface area contributed by atoms with Gasteiger partial charge in [-0.05, 0) is 31.9 Å². The first kappa shape index (κ1) is 12.6. The lowest BCUT2D eigenvalue weighted by Crippen LogP contribution is -2.46. The molecule has 1 N–H and O–H groups in total. The predicted molar refractivity (Wildman–Crippen MR) is 71.4 cm³/mol. The third kappa shape index (κ3) is 3.82. The summed E-state index contributed by atoms with van der Waals surface area (Å²) in [6.45, 7) is 5.75. The molecule has 0 radical (unpaired) electrons. The number of carbonyl (C=O) groups is 1. The van der Waals surface area contributed by atoms with Crippen molar-refractivity contribution in [1.82, 2.24) is 10.2 Å². The second-order valence-electron chi connectivity index (χ2n) is 4.50. The number of amides is 1. The van der Waals surface area contributed by atoms with E-state index in [1.54, 1.807) is 0 Å². The monoisotopic (exact) mass is 252 g/mol. The van der Waals surface area contributed by atoms with Gasteiger partial charge in [-0.1, -0.05) is 0 Å². The highest BCUT2D eigenvalue weighted by atomic mass is 32.1. The van der Waals surface area contributed by atoms with E-state index >= 15 is 0 Å². The maximum Gasteiger partial charge on any atom is 0.222 e. The Morgan fingerprint density at radius 1 is 1.41 bits per heavy atom. The smallest absolute Gasteiger partial charge is 0.222 e. The van der Waals surface area contributed by atoms with Gasteiger partial charge in [0, 0.05) is 42.4 Å². The first-order valence-corrected chi connectivity index (χ1v) is 7.11. The van der Waals surface area contributed by atoms with Crippen LogP contribution in [0.2, 0.25) is 0 Å². The second-order valence-corrected chi connectivity index (χ2v) is 5.87. The van der Waals surface area contributed by atoms with Crippen molar-refractivity contribution < 1.29 is 4.79 Å². The summed E-state index contributed by atoms with van der Waals surface area (Å²) < 4.78 is 0. The standard InChI is InChI=1S/C13H20N2OS/c1-11-5-6-12(17-11)3-2-4-13(16)15-9-7-14-8-10-15/h5-6,14H,2-4,7-10H2,1H3. The quantitative estimate of drug-likeness (QED) is 0.886. The summed E-state index contributed by atoms with van der Waals surface area (Å²) in [4.78, 5) is 16.6. The van der Waals surface area contributed by atoms with E-state index in [1.165, 1.54) is 9.75 Å². The summed E-state index contributed by atoms with van der Waals surface area (Å²) >= 11 is 1.84. The van der Waals surface area contributed by atoms with Crippen LogP contribution in [0.4, 0.5) is 0 Å². The van der Waals surface area contributed by atoms with Crippen LogP contribution < -0.4 is 5.32 Å². The van der Waals surface area contributed by atoms with E-state index < -0.39 is 0 Å². The molecule has 3 nitrogen and oxygen atoms in total. The van der Waals surface area contributed by atoms with Crippen LogP contribution in [0.25, 0.3) is 0 Å². The number of nitrogens with one attached hydrogen (secondary N) is 1. The van der Waals surface area contributed by atoms with Crippen LogP contribution >= 0.6 is 11.3 Å². The van der Waals surface area contributed by atoms with Crippen molar-refractivity contribution in [2.24, 2.45) is 0 Å². The van der Waals surface area contributed by atoms with Gasteiger partial charge in [-0.15, -0.1) is 11.3 Å². The normalized spacial score (nSPS) is 16.2. The summed E-state index contributed by atoms with van der Waals surface area (Å²) in [5.74, 6) is 0.319. The number of nitrogens with zero attached hydrogens (tertiary/aromatic N) is 1. The van der Waals surface area contributed by atoms with Gasteiger partial charge in [0.25, 0.3) is 0 Å². The molecule has 2 rings (SSSR count). The predicted octanol–water partition coefficient (Wildman–Crippen LogP) is 1.81. The fraction of sp³-hybridized carbons (Fsp3) is 0.615. The van der Waals surface area contributed by atoms with Gasteiger partial charge in [0.2, 0.25) is 5.91 Å². The van der Waals surface area contributed by atoms with Gasteiger partial charge in [-0.25, -0.2) is 0 Å². The Bertz CT molecular complexity index is 369. The maximum atomic E-state index is 11.9. The summed E-state index contributed by atoms with van der Waals surface area (Å²) in [7, 11) is 0. The summed E-state index contributed by atoms with van der Waals surface area (Å²) in [6, 6.07) is 4.33. The summed E-state index contributed by atoms with van der Waals surface area (Å²) in [5.41, 5.74) is 0. The van der Waals surface area contributed by atoms with Crippen LogP contribution in [0.1, 0.15) is 22.6 Å². The highest BCUT2D eigenvalue weighted by Crippen LogP contribution is 2.17. The average Bonchev–Trinajstić information content (AvgIpc) is 2.76. The Hall–Kier alpha value is -0.870. The molecular formula is C13H20N2OS. The van der Waals surface area contributed by atoms with Crippen molar-refractivity contribution in [3.05, 3.63) is 21.9 Å². The zero-order valence-corrected chi connectivity index (χ0v) is 11.2. The van der Waals surface area contributed by atoms with Crippen molar-refractivity contribution in [1.29, 1.82) is 0 Å². The van der Waals surface area contributed by atoms with E-state index in [0.717, 1.165) is 39.0 Å². The van der Waals surface area contributed by atoms with Gasteiger partial charge in [-0.3, -0.25) is 4.79 Å². The van der Waals surface area contributed by atoms with Crippen molar-refractivity contribution in [3.63, 3.8) is 0 Å². The van der Waals surface area contributed by atoms with Crippen LogP contribution in [0.5, 0.6) is 0 Å². The molecule has 0 unspecified atom stereocenters. The fourth-order valence-electron chi connectivity index (χ4n) is 2.11. The molecule has 0 bridgehead atoms. The summed E-state index contributed by atoms with van der Waals surface area (Å²) in [5, 5.41) is 3.26. The van der Waals surface area contributed by atoms with Crippen LogP contribution in [-0.2, 0) is 11.2 Å². The number of carbonyl (C=O) groups excluding carboxylic acids is 1. The molecule has 94 valence electrons. The molecule has 0 spiro atoms. The molecule has 1 aliphatic heterocycles. The number of hydrogen-bond acceptors (Lipinski definition) is 3. The zero-order valence-electron chi connectivity index (χ0n) is 10.4. The lowest BCUT2D eigenvalue weighted by Gasteiger charge is -2.27. The minimum atomic E-state index is 0.319. The number of piperazine rings is 1. The van der Waals surface area contributed by atoms with Crippen molar-refractivity contribution >= 4 is 17.2 Å². The average molecular weight is 252 g/mol.